The van der Waals surface area contributed by atoms with Gasteiger partial charge in [0.2, 0.25) is 15.9 Å². The monoisotopic (exact) mass is 398 g/mol. The van der Waals surface area contributed by atoms with Crippen molar-refractivity contribution in [1.82, 2.24) is 0 Å². The lowest BCUT2D eigenvalue weighted by molar-refractivity contribution is -0.114. The van der Waals surface area contributed by atoms with Gasteiger partial charge in [-0.3, -0.25) is 9.10 Å². The van der Waals surface area contributed by atoms with Crippen molar-refractivity contribution in [3.05, 3.63) is 57.9 Å². The minimum absolute atomic E-state index is 0.117. The number of hydrogen-bond acceptors (Lipinski definition) is 3. The number of nitrogens with one attached hydrogen (secondary N) is 1. The third-order valence-electron chi connectivity index (χ3n) is 3.82. The number of benzene rings is 2. The molecule has 8 heteroatoms. The van der Waals surface area contributed by atoms with E-state index < -0.39 is 28.3 Å². The van der Waals surface area contributed by atoms with Crippen LogP contribution in [0.4, 0.5) is 15.8 Å². The molecule has 1 amide bonds. The van der Waals surface area contributed by atoms with Gasteiger partial charge >= 0.3 is 0 Å². The Morgan fingerprint density at radius 3 is 2.23 bits per heavy atom. The molecule has 0 bridgehead atoms. The van der Waals surface area contributed by atoms with E-state index in [1.807, 2.05) is 32.9 Å². The van der Waals surface area contributed by atoms with Gasteiger partial charge in [-0.05, 0) is 50.1 Å². The van der Waals surface area contributed by atoms with Crippen LogP contribution in [-0.2, 0) is 14.8 Å². The van der Waals surface area contributed by atoms with E-state index in [9.17, 15) is 17.6 Å². The second-order valence-corrected chi connectivity index (χ2v) is 8.50. The fourth-order valence-electron chi connectivity index (χ4n) is 2.73. The Kier molecular flexibility index (Phi) is 5.93. The molecule has 0 aliphatic carbocycles. The lowest BCUT2D eigenvalue weighted by Gasteiger charge is -2.23. The summed E-state index contributed by atoms with van der Waals surface area (Å²) in [6.45, 7) is 5.23. The van der Waals surface area contributed by atoms with Gasteiger partial charge < -0.3 is 5.32 Å². The van der Waals surface area contributed by atoms with E-state index in [-0.39, 0.29) is 10.7 Å². The summed E-state index contributed by atoms with van der Waals surface area (Å²) in [6, 6.07) is 7.35. The second kappa shape index (κ2) is 7.63. The van der Waals surface area contributed by atoms with E-state index >= 15 is 0 Å². The van der Waals surface area contributed by atoms with Crippen LogP contribution in [0.5, 0.6) is 0 Å². The highest BCUT2D eigenvalue weighted by molar-refractivity contribution is 7.92. The molecule has 0 aromatic heterocycles. The smallest absolute Gasteiger partial charge is 0.245 e. The third-order valence-corrected chi connectivity index (χ3v) is 5.25. The summed E-state index contributed by atoms with van der Waals surface area (Å²) in [5.41, 5.74) is 3.59. The van der Waals surface area contributed by atoms with Crippen LogP contribution in [-0.4, -0.2) is 27.1 Å². The first-order valence-electron chi connectivity index (χ1n) is 7.79. The summed E-state index contributed by atoms with van der Waals surface area (Å²) < 4.78 is 38.4. The van der Waals surface area contributed by atoms with Gasteiger partial charge in [0.05, 0.1) is 17.0 Å². The highest BCUT2D eigenvalue weighted by atomic mass is 35.5. The minimum atomic E-state index is -3.77. The van der Waals surface area contributed by atoms with Crippen LogP contribution >= 0.6 is 11.6 Å². The summed E-state index contributed by atoms with van der Waals surface area (Å²) in [5.74, 6) is -1.18. The zero-order chi connectivity index (χ0) is 19.6. The number of nitrogens with zero attached hydrogens (tertiary/aromatic N) is 1. The minimum Gasteiger partial charge on any atom is -0.324 e. The molecule has 0 saturated heterocycles. The van der Waals surface area contributed by atoms with Crippen molar-refractivity contribution in [2.45, 2.75) is 20.8 Å². The zero-order valence-corrected chi connectivity index (χ0v) is 16.5. The van der Waals surface area contributed by atoms with Crippen LogP contribution in [0.2, 0.25) is 5.02 Å². The van der Waals surface area contributed by atoms with Gasteiger partial charge in [0, 0.05) is 5.69 Å². The first kappa shape index (κ1) is 20.2. The lowest BCUT2D eigenvalue weighted by Crippen LogP contribution is -2.37. The summed E-state index contributed by atoms with van der Waals surface area (Å²) in [7, 11) is -3.77. The average molecular weight is 399 g/mol. The lowest BCUT2D eigenvalue weighted by atomic mass is 10.1. The summed E-state index contributed by atoms with van der Waals surface area (Å²) in [6.07, 6.45) is 0.972. The molecule has 0 fully saturated rings. The number of rotatable bonds is 5. The van der Waals surface area contributed by atoms with Gasteiger partial charge in [-0.1, -0.05) is 29.3 Å². The largest absolute Gasteiger partial charge is 0.324 e. The molecule has 26 heavy (non-hydrogen) atoms. The topological polar surface area (TPSA) is 66.5 Å². The van der Waals surface area contributed by atoms with E-state index in [2.05, 4.69) is 5.32 Å². The Balaban J connectivity index is 2.29. The van der Waals surface area contributed by atoms with E-state index in [4.69, 9.17) is 11.6 Å². The molecule has 2 rings (SSSR count). The van der Waals surface area contributed by atoms with Crippen LogP contribution in [0.3, 0.4) is 0 Å². The zero-order valence-electron chi connectivity index (χ0n) is 14.9. The predicted octanol–water partition coefficient (Wildman–Crippen LogP) is 3.81. The predicted molar refractivity (Wildman–Crippen MR) is 103 cm³/mol. The summed E-state index contributed by atoms with van der Waals surface area (Å²) in [5, 5.41) is 2.53. The third kappa shape index (κ3) is 4.74. The van der Waals surface area contributed by atoms with Crippen molar-refractivity contribution >= 4 is 38.9 Å². The van der Waals surface area contributed by atoms with Gasteiger partial charge in [0.25, 0.3) is 0 Å². The van der Waals surface area contributed by atoms with Crippen LogP contribution < -0.4 is 9.62 Å². The molecule has 5 nitrogen and oxygen atoms in total. The molecule has 0 aliphatic heterocycles. The maximum absolute atomic E-state index is 13.4. The molecule has 0 unspecified atom stereocenters. The molecule has 2 aromatic carbocycles. The molecule has 0 heterocycles. The molecule has 0 aliphatic rings. The summed E-state index contributed by atoms with van der Waals surface area (Å²) in [4.78, 5) is 12.5. The van der Waals surface area contributed by atoms with Crippen LogP contribution in [0, 0.1) is 26.6 Å². The van der Waals surface area contributed by atoms with Crippen molar-refractivity contribution in [2.75, 3.05) is 22.4 Å². The fourth-order valence-corrected chi connectivity index (χ4v) is 3.75. The molecule has 0 atom stereocenters. The number of amides is 1. The standard InChI is InChI=1S/C18H20ClFN2O3S/c1-11-7-12(2)18(13(3)8-11)21-17(23)10-22(26(4,24)25)14-5-6-16(20)15(19)9-14/h5-9H,10H2,1-4H3,(H,21,23). The van der Waals surface area contributed by atoms with E-state index in [1.54, 1.807) is 0 Å². The molecule has 140 valence electrons. The normalized spacial score (nSPS) is 11.3. The maximum Gasteiger partial charge on any atom is 0.245 e. The Bertz CT molecular complexity index is 938. The van der Waals surface area contributed by atoms with Gasteiger partial charge in [0.1, 0.15) is 12.4 Å². The van der Waals surface area contributed by atoms with Crippen LogP contribution in [0.1, 0.15) is 16.7 Å². The van der Waals surface area contributed by atoms with Gasteiger partial charge in [-0.15, -0.1) is 0 Å². The Morgan fingerprint density at radius 2 is 1.73 bits per heavy atom. The van der Waals surface area contributed by atoms with Gasteiger partial charge in [-0.2, -0.15) is 0 Å². The number of halogens is 2. The van der Waals surface area contributed by atoms with Crippen LogP contribution in [0.25, 0.3) is 0 Å². The highest BCUT2D eigenvalue weighted by Gasteiger charge is 2.22. The Hall–Kier alpha value is -2.12. The summed E-state index contributed by atoms with van der Waals surface area (Å²) >= 11 is 5.73. The van der Waals surface area contributed by atoms with E-state index in [1.165, 1.54) is 12.1 Å². The van der Waals surface area contributed by atoms with Crippen molar-refractivity contribution in [3.8, 4) is 0 Å². The first-order chi connectivity index (χ1) is 12.0. The molecule has 2 aromatic rings. The Labute approximate surface area is 157 Å². The maximum atomic E-state index is 13.4. The van der Waals surface area contributed by atoms with E-state index in [0.29, 0.717) is 5.69 Å². The Morgan fingerprint density at radius 1 is 1.15 bits per heavy atom. The molecule has 1 N–H and O–H groups in total. The molecule has 0 spiro atoms. The van der Waals surface area contributed by atoms with Crippen molar-refractivity contribution in [2.24, 2.45) is 0 Å². The fraction of sp³-hybridized carbons (Fsp3) is 0.278. The molecular weight excluding hydrogens is 379 g/mol. The second-order valence-electron chi connectivity index (χ2n) is 6.19. The number of anilines is 2. The number of carbonyl (C=O) groups is 1. The van der Waals surface area contributed by atoms with Gasteiger partial charge in [0.15, 0.2) is 0 Å². The van der Waals surface area contributed by atoms with Crippen molar-refractivity contribution in [3.63, 3.8) is 0 Å². The van der Waals surface area contributed by atoms with Crippen LogP contribution in [0.15, 0.2) is 30.3 Å². The molecular formula is C18H20ClFN2O3S. The number of aryl methyl sites for hydroxylation is 3. The first-order valence-corrected chi connectivity index (χ1v) is 10.0. The highest BCUT2D eigenvalue weighted by Crippen LogP contribution is 2.25. The van der Waals surface area contributed by atoms with E-state index in [0.717, 1.165) is 33.3 Å². The number of carbonyl (C=O) groups excluding carboxylic acids is 1. The molecule has 0 saturated carbocycles. The van der Waals surface area contributed by atoms with Crippen molar-refractivity contribution in [1.29, 1.82) is 0 Å². The van der Waals surface area contributed by atoms with Gasteiger partial charge in [-0.25, -0.2) is 12.8 Å². The number of hydrogen-bond donors (Lipinski definition) is 1. The van der Waals surface area contributed by atoms with Crippen molar-refractivity contribution < 1.29 is 17.6 Å². The number of sulfonamides is 1. The average Bonchev–Trinajstić information content (AvgIpc) is 2.50. The quantitative estimate of drug-likeness (QED) is 0.832. The molecule has 0 radical (unpaired) electrons. The SMILES string of the molecule is Cc1cc(C)c(NC(=O)CN(c2ccc(F)c(Cl)c2)S(C)(=O)=O)c(C)c1.